The number of nitro benzene ring substituents is 1. The summed E-state index contributed by atoms with van der Waals surface area (Å²) in [5.41, 5.74) is 6.31. The predicted molar refractivity (Wildman–Crippen MR) is 184 cm³/mol. The number of aliphatic hydroxyl groups is 1. The van der Waals surface area contributed by atoms with E-state index in [0.29, 0.717) is 11.9 Å². The summed E-state index contributed by atoms with van der Waals surface area (Å²) in [5.74, 6) is 1.02. The lowest BCUT2D eigenvalue weighted by atomic mass is 10.2. The van der Waals surface area contributed by atoms with Gasteiger partial charge in [-0.2, -0.15) is 4.39 Å². The normalized spacial score (nSPS) is 21.7. The maximum Gasteiger partial charge on any atom is 0.379 e. The third-order valence-electron chi connectivity index (χ3n) is 7.56. The number of non-ortho nitro benzene ring substituents is 1. The van der Waals surface area contributed by atoms with Crippen LogP contribution in [0.3, 0.4) is 0 Å². The molecule has 262 valence electrons. The van der Waals surface area contributed by atoms with E-state index in [1.807, 2.05) is 31.3 Å². The highest BCUT2D eigenvalue weighted by atomic mass is 19.1. The van der Waals surface area contributed by atoms with Gasteiger partial charge in [-0.15, -0.1) is 0 Å². The van der Waals surface area contributed by atoms with E-state index in [2.05, 4.69) is 34.9 Å². The van der Waals surface area contributed by atoms with Gasteiger partial charge in [0.05, 0.1) is 23.2 Å². The van der Waals surface area contributed by atoms with Crippen LogP contribution >= 0.6 is 0 Å². The van der Waals surface area contributed by atoms with Gasteiger partial charge in [0, 0.05) is 57.1 Å². The summed E-state index contributed by atoms with van der Waals surface area (Å²) in [7, 11) is 6.20. The largest absolute Gasteiger partial charge is 0.489 e. The van der Waals surface area contributed by atoms with Crippen LogP contribution in [-0.2, 0) is 0 Å². The first-order chi connectivity index (χ1) is 22.4. The van der Waals surface area contributed by atoms with E-state index >= 15 is 0 Å². The molecule has 1 aliphatic carbocycles. The zero-order valence-electron chi connectivity index (χ0n) is 27.0. The lowest BCUT2D eigenvalue weighted by molar-refractivity contribution is -0.419. The molecule has 6 rings (SSSR count). The van der Waals surface area contributed by atoms with Gasteiger partial charge in [0.1, 0.15) is 34.7 Å². The van der Waals surface area contributed by atoms with E-state index in [1.54, 1.807) is 12.1 Å². The number of nitro groups is 2. The summed E-state index contributed by atoms with van der Waals surface area (Å²) < 4.78 is 23.6. The van der Waals surface area contributed by atoms with Gasteiger partial charge < -0.3 is 35.0 Å². The quantitative estimate of drug-likeness (QED) is 0.189. The number of nitrogens with zero attached hydrogens (tertiary/aromatic N) is 5. The Balaban J connectivity index is 0.000000230. The molecule has 3 unspecified atom stereocenters. The molecule has 3 heterocycles. The Hall–Kier alpha value is -4.46. The minimum absolute atomic E-state index is 0. The third-order valence-corrected chi connectivity index (χ3v) is 7.56. The number of likely N-dealkylation sites (N-methyl/N-ethyl adjacent to an activating group) is 3. The smallest absolute Gasteiger partial charge is 0.379 e. The third kappa shape index (κ3) is 14.5. The maximum atomic E-state index is 12.1. The van der Waals surface area contributed by atoms with Crippen molar-refractivity contribution >= 4 is 11.4 Å². The summed E-state index contributed by atoms with van der Waals surface area (Å²) in [6.45, 7) is 6.01. The first-order valence-corrected chi connectivity index (χ1v) is 15.4. The Bertz CT molecular complexity index is 1380. The number of rotatable bonds is 6. The molecule has 14 heteroatoms. The fourth-order valence-electron chi connectivity index (χ4n) is 4.98. The molecule has 0 bridgehead atoms. The van der Waals surface area contributed by atoms with Crippen molar-refractivity contribution in [3.63, 3.8) is 0 Å². The number of allylic oxidation sites excluding steroid dienone is 5. The van der Waals surface area contributed by atoms with E-state index in [1.165, 1.54) is 12.1 Å². The second kappa shape index (κ2) is 20.0. The van der Waals surface area contributed by atoms with Gasteiger partial charge in [0.2, 0.25) is 0 Å². The second-order valence-corrected chi connectivity index (χ2v) is 11.8. The number of benzene rings is 2. The highest BCUT2D eigenvalue weighted by molar-refractivity contribution is 5.41. The van der Waals surface area contributed by atoms with Crippen LogP contribution in [0.5, 0.6) is 11.5 Å². The van der Waals surface area contributed by atoms with E-state index < -0.39 is 15.7 Å². The lowest BCUT2D eigenvalue weighted by Gasteiger charge is -2.13. The van der Waals surface area contributed by atoms with Crippen LogP contribution in [0.2, 0.25) is 0 Å². The Labute approximate surface area is 282 Å². The summed E-state index contributed by atoms with van der Waals surface area (Å²) >= 11 is 0. The summed E-state index contributed by atoms with van der Waals surface area (Å²) in [6.07, 6.45) is 8.72. The van der Waals surface area contributed by atoms with Crippen molar-refractivity contribution in [1.82, 2.24) is 14.7 Å². The maximum absolute atomic E-state index is 12.1. The van der Waals surface area contributed by atoms with Crippen molar-refractivity contribution in [3.05, 3.63) is 105 Å². The molecule has 4 aliphatic rings. The minimum atomic E-state index is -0.601. The molecule has 13 nitrogen and oxygen atoms in total. The average Bonchev–Trinajstić information content (AvgIpc) is 3.76. The Morgan fingerprint density at radius 3 is 1.60 bits per heavy atom. The van der Waals surface area contributed by atoms with Crippen LogP contribution in [0.15, 0.2) is 78.3 Å². The molecule has 3 atom stereocenters. The Kier molecular flexibility index (Phi) is 16.6. The molecule has 0 radical (unpaired) electrons. The number of hydrogen-bond acceptors (Lipinski definition) is 11. The van der Waals surface area contributed by atoms with Crippen LogP contribution in [0.4, 0.5) is 15.8 Å². The molecule has 0 amide bonds. The highest BCUT2D eigenvalue weighted by Crippen LogP contribution is 2.21. The molecule has 2 aromatic rings. The average molecular weight is 672 g/mol. The number of β-amino-alcohol motifs (C(OH)–C–C–N with tert-alkyl or cyclic N) is 1. The number of nitrogen functional groups attached to an aromatic ring is 1. The number of hydrogen-bond donors (Lipinski definition) is 2. The van der Waals surface area contributed by atoms with Gasteiger partial charge in [-0.05, 0) is 76.8 Å². The molecule has 3 N–H and O–H groups in total. The highest BCUT2D eigenvalue weighted by Gasteiger charge is 2.22. The molecule has 0 saturated carbocycles. The van der Waals surface area contributed by atoms with Crippen LogP contribution < -0.4 is 15.2 Å². The minimum Gasteiger partial charge on any atom is -0.489 e. The van der Waals surface area contributed by atoms with Gasteiger partial charge in [0.15, 0.2) is 6.08 Å². The number of ether oxygens (including phenoxy) is 2. The molecule has 3 saturated heterocycles. The van der Waals surface area contributed by atoms with Crippen LogP contribution in [-0.4, -0.2) is 108 Å². The van der Waals surface area contributed by atoms with Gasteiger partial charge in [-0.3, -0.25) is 10.1 Å². The molecule has 2 aromatic carbocycles. The first kappa shape index (κ1) is 39.7. The number of halogens is 1. The SMILES string of the molecule is C.CN1CCC(O)C1.CN1CCC(Oc2ccc(N)cc2)C1.CN1CCC(Oc2ccc([N+](=O)[O-])cc2)C1.O=[N+]([O-])C1=C[C+]=C(F)C=C1. The van der Waals surface area contributed by atoms with E-state index in [-0.39, 0.29) is 31.0 Å². The molecule has 0 aromatic heterocycles. The van der Waals surface area contributed by atoms with Crippen LogP contribution in [0.1, 0.15) is 26.7 Å². The zero-order chi connectivity index (χ0) is 34.3. The summed E-state index contributed by atoms with van der Waals surface area (Å²) in [6, 6.07) is 13.8. The molecular weight excluding hydrogens is 623 g/mol. The van der Waals surface area contributed by atoms with E-state index in [0.717, 1.165) is 88.2 Å². The second-order valence-electron chi connectivity index (χ2n) is 11.8. The Morgan fingerprint density at radius 1 is 0.792 bits per heavy atom. The van der Waals surface area contributed by atoms with E-state index in [4.69, 9.17) is 20.3 Å². The fourth-order valence-corrected chi connectivity index (χ4v) is 4.98. The van der Waals surface area contributed by atoms with Crippen molar-refractivity contribution in [3.8, 4) is 11.5 Å². The van der Waals surface area contributed by atoms with Gasteiger partial charge in [-0.25, -0.2) is 10.1 Å². The Morgan fingerprint density at radius 2 is 1.27 bits per heavy atom. The van der Waals surface area contributed by atoms with Crippen molar-refractivity contribution < 1.29 is 28.8 Å². The number of nitrogens with two attached hydrogens (primary N) is 1. The monoisotopic (exact) mass is 671 g/mol. The van der Waals surface area contributed by atoms with Crippen LogP contribution in [0.25, 0.3) is 0 Å². The van der Waals surface area contributed by atoms with Gasteiger partial charge in [-0.1, -0.05) is 7.43 Å². The summed E-state index contributed by atoms with van der Waals surface area (Å²) in [4.78, 5) is 26.0. The number of likely N-dealkylation sites (tertiary alicyclic amines) is 3. The fraction of sp³-hybridized carbons (Fsp3) is 0.471. The van der Waals surface area contributed by atoms with Gasteiger partial charge >= 0.3 is 5.70 Å². The molecule has 48 heavy (non-hydrogen) atoms. The molecule has 0 spiro atoms. The van der Waals surface area contributed by atoms with Crippen molar-refractivity contribution in [1.29, 1.82) is 0 Å². The first-order valence-electron chi connectivity index (χ1n) is 15.4. The van der Waals surface area contributed by atoms with Crippen LogP contribution in [0, 0.1) is 26.3 Å². The zero-order valence-corrected chi connectivity index (χ0v) is 27.0. The summed E-state index contributed by atoms with van der Waals surface area (Å²) in [5, 5.41) is 29.3. The molecule has 3 fully saturated rings. The van der Waals surface area contributed by atoms with Gasteiger partial charge in [0.25, 0.3) is 11.5 Å². The van der Waals surface area contributed by atoms with Crippen molar-refractivity contribution in [2.24, 2.45) is 0 Å². The lowest BCUT2D eigenvalue weighted by Crippen LogP contribution is -2.21. The predicted octanol–water partition coefficient (Wildman–Crippen LogP) is 4.72. The standard InChI is InChI=1S/C11H14N2O3.C11H16N2O.C6H3FNO2.C5H11NO.CH4/c1-12-7-6-11(8-12)16-10-4-2-9(3-5-10)13(14)15;1-13-7-6-11(8-13)14-10-4-2-9(12)3-5-10;7-5-1-3-6(4-2-5)8(9)10;1-6-3-2-5(7)4-6;/h2-5,11H,6-8H2,1H3;2-5,11H,6-8,12H2,1H3;1,3-4H;5,7H,2-4H2,1H3;1H4/q;;+1;;. The van der Waals surface area contributed by atoms with E-state index in [9.17, 15) is 24.6 Å². The topological polar surface area (TPSA) is 161 Å². The number of aliphatic hydroxyl groups excluding tert-OH is 1. The molecular formula is C34H48FN6O7+. The van der Waals surface area contributed by atoms with Crippen molar-refractivity contribution in [2.45, 2.75) is 45.0 Å². The molecule has 3 aliphatic heterocycles. The van der Waals surface area contributed by atoms with Crippen molar-refractivity contribution in [2.75, 3.05) is 66.1 Å². The number of anilines is 1.